The fourth-order valence-corrected chi connectivity index (χ4v) is 1.59. The van der Waals surface area contributed by atoms with E-state index in [0.717, 1.165) is 23.3 Å². The number of rotatable bonds is 4. The number of carbonyl (C=O) groups excluding carboxylic acids is 1. The van der Waals surface area contributed by atoms with Gasteiger partial charge in [0.15, 0.2) is 0 Å². The smallest absolute Gasteiger partial charge is 0.150 e. The van der Waals surface area contributed by atoms with Gasteiger partial charge in [0.2, 0.25) is 0 Å². The van der Waals surface area contributed by atoms with E-state index < -0.39 is 0 Å². The molecule has 4 nitrogen and oxygen atoms in total. The highest BCUT2D eigenvalue weighted by molar-refractivity contribution is 5.90. The maximum Gasteiger partial charge on any atom is 0.150 e. The molecule has 1 aromatic rings. The van der Waals surface area contributed by atoms with Crippen molar-refractivity contribution >= 4 is 23.3 Å². The molecule has 4 heteroatoms. The monoisotopic (exact) mass is 207 g/mol. The van der Waals surface area contributed by atoms with Gasteiger partial charge in [-0.3, -0.25) is 4.79 Å². The molecule has 0 amide bonds. The van der Waals surface area contributed by atoms with Gasteiger partial charge in [-0.2, -0.15) is 0 Å². The summed E-state index contributed by atoms with van der Waals surface area (Å²) in [5.41, 5.74) is 3.59. The van der Waals surface area contributed by atoms with Gasteiger partial charge in [0.05, 0.1) is 17.1 Å². The summed E-state index contributed by atoms with van der Waals surface area (Å²) in [6, 6.07) is 3.67. The summed E-state index contributed by atoms with van der Waals surface area (Å²) in [7, 11) is 7.63. The van der Waals surface area contributed by atoms with Crippen molar-refractivity contribution in [3.8, 4) is 0 Å². The first-order chi connectivity index (χ1) is 7.13. The number of nitrogens with zero attached hydrogens (tertiary/aromatic N) is 1. The second kappa shape index (κ2) is 4.68. The van der Waals surface area contributed by atoms with Crippen LogP contribution in [0.5, 0.6) is 0 Å². The molecule has 0 aliphatic carbocycles. The fraction of sp³-hybridized carbons (Fsp3) is 0.364. The molecule has 0 bridgehead atoms. The van der Waals surface area contributed by atoms with Gasteiger partial charge in [0.25, 0.3) is 0 Å². The minimum Gasteiger partial charge on any atom is -0.386 e. The number of nitrogens with one attached hydrogen (secondary N) is 2. The second-order valence-electron chi connectivity index (χ2n) is 3.48. The molecule has 82 valence electrons. The molecule has 15 heavy (non-hydrogen) atoms. The number of hydrogen-bond donors (Lipinski definition) is 2. The minimum absolute atomic E-state index is 0.661. The first kappa shape index (κ1) is 11.4. The van der Waals surface area contributed by atoms with Crippen molar-refractivity contribution in [3.05, 3.63) is 17.7 Å². The first-order valence-electron chi connectivity index (χ1n) is 4.80. The lowest BCUT2D eigenvalue weighted by Gasteiger charge is -2.21. The third-order valence-corrected chi connectivity index (χ3v) is 2.25. The van der Waals surface area contributed by atoms with Gasteiger partial charge in [0, 0.05) is 33.8 Å². The standard InChI is InChI=1S/C11H17N3O/c1-12-9-5-8(7-15)6-10(13-2)11(9)14(3)4/h5-7,12-13H,1-4H3. The van der Waals surface area contributed by atoms with Gasteiger partial charge in [-0.15, -0.1) is 0 Å². The van der Waals surface area contributed by atoms with Crippen molar-refractivity contribution in [1.29, 1.82) is 0 Å². The molecule has 1 rings (SSSR count). The van der Waals surface area contributed by atoms with Crippen LogP contribution in [0.15, 0.2) is 12.1 Å². The van der Waals surface area contributed by atoms with Crippen LogP contribution in [-0.2, 0) is 0 Å². The molecular formula is C11H17N3O. The van der Waals surface area contributed by atoms with Crippen molar-refractivity contribution in [3.63, 3.8) is 0 Å². The van der Waals surface area contributed by atoms with E-state index in [2.05, 4.69) is 10.6 Å². The van der Waals surface area contributed by atoms with Crippen molar-refractivity contribution < 1.29 is 4.79 Å². The molecule has 0 heterocycles. The van der Waals surface area contributed by atoms with E-state index in [-0.39, 0.29) is 0 Å². The molecule has 0 spiro atoms. The third-order valence-electron chi connectivity index (χ3n) is 2.25. The molecule has 0 atom stereocenters. The van der Waals surface area contributed by atoms with Crippen molar-refractivity contribution in [1.82, 2.24) is 0 Å². The Morgan fingerprint density at radius 1 is 1.13 bits per heavy atom. The summed E-state index contributed by atoms with van der Waals surface area (Å²) in [5, 5.41) is 6.17. The Morgan fingerprint density at radius 3 is 1.87 bits per heavy atom. The van der Waals surface area contributed by atoms with Gasteiger partial charge in [-0.25, -0.2) is 0 Å². The molecule has 0 radical (unpaired) electrons. The number of anilines is 3. The molecule has 2 N–H and O–H groups in total. The van der Waals surface area contributed by atoms with E-state index in [9.17, 15) is 4.79 Å². The Bertz CT molecular complexity index is 336. The predicted molar refractivity (Wildman–Crippen MR) is 65.2 cm³/mol. The number of aldehydes is 1. The number of hydrogen-bond acceptors (Lipinski definition) is 4. The Morgan fingerprint density at radius 2 is 1.60 bits per heavy atom. The summed E-state index contributed by atoms with van der Waals surface area (Å²) in [6.45, 7) is 0. The molecule has 0 aliphatic heterocycles. The Hall–Kier alpha value is -1.71. The highest BCUT2D eigenvalue weighted by Crippen LogP contribution is 2.33. The van der Waals surface area contributed by atoms with Crippen LogP contribution in [0.2, 0.25) is 0 Å². The summed E-state index contributed by atoms with van der Waals surface area (Å²) >= 11 is 0. The quantitative estimate of drug-likeness (QED) is 0.737. The van der Waals surface area contributed by atoms with Crippen LogP contribution in [0.3, 0.4) is 0 Å². The largest absolute Gasteiger partial charge is 0.386 e. The van der Waals surface area contributed by atoms with Crippen molar-refractivity contribution in [2.24, 2.45) is 0 Å². The molecular weight excluding hydrogens is 190 g/mol. The van der Waals surface area contributed by atoms with Gasteiger partial charge >= 0.3 is 0 Å². The van der Waals surface area contributed by atoms with E-state index in [1.165, 1.54) is 0 Å². The SMILES string of the molecule is CNc1cc(C=O)cc(NC)c1N(C)C. The van der Waals surface area contributed by atoms with Crippen LogP contribution < -0.4 is 15.5 Å². The van der Waals surface area contributed by atoms with Crippen LogP contribution in [0.25, 0.3) is 0 Å². The van der Waals surface area contributed by atoms with E-state index in [0.29, 0.717) is 5.56 Å². The zero-order chi connectivity index (χ0) is 11.4. The summed E-state index contributed by atoms with van der Waals surface area (Å²) < 4.78 is 0. The maximum atomic E-state index is 10.8. The van der Waals surface area contributed by atoms with Crippen LogP contribution in [0.4, 0.5) is 17.1 Å². The lowest BCUT2D eigenvalue weighted by Crippen LogP contribution is -2.14. The number of carbonyl (C=O) groups is 1. The maximum absolute atomic E-state index is 10.8. The topological polar surface area (TPSA) is 44.4 Å². The van der Waals surface area contributed by atoms with Crippen LogP contribution in [0, 0.1) is 0 Å². The zero-order valence-electron chi connectivity index (χ0n) is 9.59. The van der Waals surface area contributed by atoms with E-state index >= 15 is 0 Å². The van der Waals surface area contributed by atoms with Gasteiger partial charge < -0.3 is 15.5 Å². The first-order valence-corrected chi connectivity index (χ1v) is 4.80. The Kier molecular flexibility index (Phi) is 3.55. The van der Waals surface area contributed by atoms with Crippen LogP contribution in [0.1, 0.15) is 10.4 Å². The van der Waals surface area contributed by atoms with E-state index in [4.69, 9.17) is 0 Å². The number of benzene rings is 1. The molecule has 0 saturated heterocycles. The summed E-state index contributed by atoms with van der Waals surface area (Å²) in [4.78, 5) is 12.8. The van der Waals surface area contributed by atoms with Crippen LogP contribution in [-0.4, -0.2) is 34.5 Å². The highest BCUT2D eigenvalue weighted by Gasteiger charge is 2.10. The average Bonchev–Trinajstić information content (AvgIpc) is 2.26. The van der Waals surface area contributed by atoms with Gasteiger partial charge in [-0.1, -0.05) is 0 Å². The van der Waals surface area contributed by atoms with Crippen LogP contribution >= 0.6 is 0 Å². The molecule has 0 fully saturated rings. The minimum atomic E-state index is 0.661. The lowest BCUT2D eigenvalue weighted by molar-refractivity contribution is 0.112. The Balaban J connectivity index is 3.39. The fourth-order valence-electron chi connectivity index (χ4n) is 1.59. The highest BCUT2D eigenvalue weighted by atomic mass is 16.1. The lowest BCUT2D eigenvalue weighted by atomic mass is 10.1. The normalized spacial score (nSPS) is 9.60. The average molecular weight is 207 g/mol. The molecule has 0 unspecified atom stereocenters. The van der Waals surface area contributed by atoms with E-state index in [1.807, 2.05) is 45.2 Å². The molecule has 1 aromatic carbocycles. The summed E-state index contributed by atoms with van der Waals surface area (Å²) in [5.74, 6) is 0. The van der Waals surface area contributed by atoms with E-state index in [1.54, 1.807) is 0 Å². The molecule has 0 aromatic heterocycles. The zero-order valence-corrected chi connectivity index (χ0v) is 9.59. The second-order valence-corrected chi connectivity index (χ2v) is 3.48. The van der Waals surface area contributed by atoms with Crippen molar-refractivity contribution in [2.75, 3.05) is 43.7 Å². The summed E-state index contributed by atoms with van der Waals surface area (Å²) in [6.07, 6.45) is 0.848. The molecule has 0 aliphatic rings. The van der Waals surface area contributed by atoms with Crippen molar-refractivity contribution in [2.45, 2.75) is 0 Å². The Labute approximate surface area is 90.3 Å². The van der Waals surface area contributed by atoms with Gasteiger partial charge in [0.1, 0.15) is 6.29 Å². The third kappa shape index (κ3) is 2.21. The predicted octanol–water partition coefficient (Wildman–Crippen LogP) is 1.65. The van der Waals surface area contributed by atoms with Gasteiger partial charge in [-0.05, 0) is 12.1 Å². The molecule has 0 saturated carbocycles.